The number of alkyl halides is 2. The Bertz CT molecular complexity index is 907. The van der Waals surface area contributed by atoms with Gasteiger partial charge in [0, 0.05) is 24.6 Å². The normalized spacial score (nSPS) is 13.1. The average molecular weight is 499 g/mol. The number of rotatable bonds is 8. The highest BCUT2D eigenvalue weighted by molar-refractivity contribution is 8.93. The van der Waals surface area contributed by atoms with Gasteiger partial charge in [0.05, 0.1) is 26.5 Å². The summed E-state index contributed by atoms with van der Waals surface area (Å²) in [4.78, 5) is 19.5. The smallest absolute Gasteiger partial charge is 0.387 e. The third-order valence-corrected chi connectivity index (χ3v) is 4.79. The first-order valence-corrected chi connectivity index (χ1v) is 9.62. The molecule has 0 amide bonds. The maximum absolute atomic E-state index is 13.0. The number of ether oxygens (including phenoxy) is 3. The van der Waals surface area contributed by atoms with Crippen LogP contribution >= 0.6 is 17.0 Å². The molecule has 0 N–H and O–H groups in total. The first-order valence-electron chi connectivity index (χ1n) is 9.62. The van der Waals surface area contributed by atoms with Crippen LogP contribution in [-0.2, 0) is 0 Å². The van der Waals surface area contributed by atoms with Crippen molar-refractivity contribution in [3.8, 4) is 17.2 Å². The van der Waals surface area contributed by atoms with E-state index in [1.807, 2.05) is 11.0 Å². The highest BCUT2D eigenvalue weighted by atomic mass is 79.9. The monoisotopic (exact) mass is 498 g/mol. The Hall–Kier alpha value is -2.68. The number of anilines is 1. The molecule has 0 saturated heterocycles. The second kappa shape index (κ2) is 11.6. The second-order valence-electron chi connectivity index (χ2n) is 6.71. The topological polar surface area (TPSA) is 60.4 Å². The van der Waals surface area contributed by atoms with Crippen LogP contribution in [0.25, 0.3) is 0 Å². The first kappa shape index (κ1) is 24.6. The lowest BCUT2D eigenvalue weighted by Crippen LogP contribution is -2.37. The number of carbonyl (C=O) groups is 1. The van der Waals surface area contributed by atoms with E-state index in [1.165, 1.54) is 24.3 Å². The maximum Gasteiger partial charge on any atom is 0.387 e. The van der Waals surface area contributed by atoms with Crippen LogP contribution in [0.5, 0.6) is 17.2 Å². The molecule has 0 radical (unpaired) electrons. The Kier molecular flexibility index (Phi) is 9.23. The van der Waals surface area contributed by atoms with Gasteiger partial charge in [-0.25, -0.2) is 0 Å². The van der Waals surface area contributed by atoms with Crippen molar-refractivity contribution in [1.82, 2.24) is 0 Å². The molecule has 0 bridgehead atoms. The lowest BCUT2D eigenvalue weighted by Gasteiger charge is -2.29. The number of carbonyl (C=O) groups excluding carboxylic acids is 1. The predicted molar refractivity (Wildman–Crippen MR) is 121 cm³/mol. The molecule has 168 valence electrons. The van der Waals surface area contributed by atoms with Crippen LogP contribution in [-0.4, -0.2) is 45.5 Å². The van der Waals surface area contributed by atoms with Crippen LogP contribution in [0.3, 0.4) is 0 Å². The molecule has 0 spiro atoms. The van der Waals surface area contributed by atoms with E-state index in [2.05, 4.69) is 9.73 Å². The number of aliphatic imine (C=N–C) groups is 1. The Labute approximate surface area is 190 Å². The average Bonchev–Trinajstić information content (AvgIpc) is 2.77. The van der Waals surface area contributed by atoms with Gasteiger partial charge in [-0.15, -0.1) is 17.0 Å². The molecule has 6 nitrogen and oxygen atoms in total. The summed E-state index contributed by atoms with van der Waals surface area (Å²) in [6.07, 6.45) is 2.73. The SMILES string of the molecule is Br.COc1ccc(OC)c(N(CC(=O)c2ccc(OC(F)F)cc2)C2=NCCCC2)c1. The van der Waals surface area contributed by atoms with Crippen LogP contribution in [0.1, 0.15) is 29.6 Å². The summed E-state index contributed by atoms with van der Waals surface area (Å²) in [5, 5.41) is 0. The lowest BCUT2D eigenvalue weighted by atomic mass is 10.1. The van der Waals surface area contributed by atoms with Gasteiger partial charge in [-0.05, 0) is 49.2 Å². The summed E-state index contributed by atoms with van der Waals surface area (Å²) in [5.74, 6) is 1.85. The molecule has 0 atom stereocenters. The number of nitrogens with zero attached hydrogens (tertiary/aromatic N) is 2. The summed E-state index contributed by atoms with van der Waals surface area (Å²) >= 11 is 0. The van der Waals surface area contributed by atoms with E-state index in [4.69, 9.17) is 9.47 Å². The molecular formula is C22H25BrF2N2O4. The van der Waals surface area contributed by atoms with E-state index in [9.17, 15) is 13.6 Å². The van der Waals surface area contributed by atoms with E-state index in [0.29, 0.717) is 29.3 Å². The molecule has 2 aromatic rings. The van der Waals surface area contributed by atoms with Crippen LogP contribution in [0, 0.1) is 0 Å². The molecule has 1 aliphatic rings. The molecule has 9 heteroatoms. The van der Waals surface area contributed by atoms with Crippen molar-refractivity contribution in [1.29, 1.82) is 0 Å². The van der Waals surface area contributed by atoms with E-state index < -0.39 is 6.61 Å². The fourth-order valence-corrected chi connectivity index (χ4v) is 3.28. The number of halogens is 3. The predicted octanol–water partition coefficient (Wildman–Crippen LogP) is 5.15. The van der Waals surface area contributed by atoms with Crippen molar-refractivity contribution in [2.75, 3.05) is 32.2 Å². The van der Waals surface area contributed by atoms with Crippen molar-refractivity contribution in [3.05, 3.63) is 48.0 Å². The molecule has 1 heterocycles. The largest absolute Gasteiger partial charge is 0.497 e. The third kappa shape index (κ3) is 6.40. The molecule has 3 rings (SSSR count). The molecule has 0 aromatic heterocycles. The number of benzene rings is 2. The maximum atomic E-state index is 13.0. The fourth-order valence-electron chi connectivity index (χ4n) is 3.28. The second-order valence-corrected chi connectivity index (χ2v) is 6.71. The van der Waals surface area contributed by atoms with Gasteiger partial charge < -0.3 is 19.1 Å². The van der Waals surface area contributed by atoms with Gasteiger partial charge in [-0.3, -0.25) is 9.79 Å². The summed E-state index contributed by atoms with van der Waals surface area (Å²) in [5.41, 5.74) is 1.07. The van der Waals surface area contributed by atoms with Crippen molar-refractivity contribution in [3.63, 3.8) is 0 Å². The van der Waals surface area contributed by atoms with Crippen molar-refractivity contribution in [2.45, 2.75) is 25.9 Å². The Morgan fingerprint density at radius 1 is 1.06 bits per heavy atom. The zero-order chi connectivity index (χ0) is 21.5. The minimum Gasteiger partial charge on any atom is -0.497 e. The summed E-state index contributed by atoms with van der Waals surface area (Å²) in [6, 6.07) is 11.0. The number of Topliss-reactive ketones (excluding diaryl/α,β-unsaturated/α-hetero) is 1. The zero-order valence-corrected chi connectivity index (χ0v) is 19.1. The van der Waals surface area contributed by atoms with Crippen LogP contribution < -0.4 is 19.1 Å². The van der Waals surface area contributed by atoms with Crippen molar-refractivity contribution < 1.29 is 27.8 Å². The molecule has 0 aliphatic carbocycles. The number of amidine groups is 1. The van der Waals surface area contributed by atoms with Crippen LogP contribution in [0.15, 0.2) is 47.5 Å². The van der Waals surface area contributed by atoms with Gasteiger partial charge >= 0.3 is 6.61 Å². The minimum atomic E-state index is -2.91. The number of ketones is 1. The van der Waals surface area contributed by atoms with Crippen LogP contribution in [0.4, 0.5) is 14.5 Å². The Morgan fingerprint density at radius 2 is 1.77 bits per heavy atom. The molecule has 0 fully saturated rings. The highest BCUT2D eigenvalue weighted by Gasteiger charge is 2.23. The van der Waals surface area contributed by atoms with Crippen molar-refractivity contribution >= 4 is 34.3 Å². The molecule has 1 aliphatic heterocycles. The molecule has 2 aromatic carbocycles. The third-order valence-electron chi connectivity index (χ3n) is 4.79. The molecular weight excluding hydrogens is 474 g/mol. The van der Waals surface area contributed by atoms with Crippen molar-refractivity contribution in [2.24, 2.45) is 4.99 Å². The number of hydrogen-bond donors (Lipinski definition) is 0. The van der Waals surface area contributed by atoms with E-state index in [-0.39, 0.29) is 35.1 Å². The number of hydrogen-bond acceptors (Lipinski definition) is 6. The van der Waals surface area contributed by atoms with Gasteiger partial charge in [0.15, 0.2) is 5.78 Å². The summed E-state index contributed by atoms with van der Waals surface area (Å²) < 4.78 is 39.9. The molecule has 0 saturated carbocycles. The summed E-state index contributed by atoms with van der Waals surface area (Å²) in [6.45, 7) is -2.18. The fraction of sp³-hybridized carbons (Fsp3) is 0.364. The van der Waals surface area contributed by atoms with Gasteiger partial charge in [0.1, 0.15) is 23.1 Å². The van der Waals surface area contributed by atoms with E-state index in [1.54, 1.807) is 26.4 Å². The van der Waals surface area contributed by atoms with E-state index in [0.717, 1.165) is 25.1 Å². The Balaban J connectivity index is 0.00000341. The molecule has 0 unspecified atom stereocenters. The standard InChI is InChI=1S/C22H24F2N2O4.BrH/c1-28-17-10-11-20(29-2)18(13-17)26(21-5-3-4-12-25-21)14-19(27)15-6-8-16(9-7-15)30-22(23)24;/h6-11,13,22H,3-5,12,14H2,1-2H3;1H. The van der Waals surface area contributed by atoms with Gasteiger partial charge in [-0.1, -0.05) is 0 Å². The minimum absolute atomic E-state index is 0. The van der Waals surface area contributed by atoms with Gasteiger partial charge in [0.25, 0.3) is 0 Å². The van der Waals surface area contributed by atoms with Gasteiger partial charge in [0.2, 0.25) is 0 Å². The quantitative estimate of drug-likeness (QED) is 0.470. The molecule has 31 heavy (non-hydrogen) atoms. The highest BCUT2D eigenvalue weighted by Crippen LogP contribution is 2.34. The first-order chi connectivity index (χ1) is 14.5. The Morgan fingerprint density at radius 3 is 2.35 bits per heavy atom. The van der Waals surface area contributed by atoms with E-state index >= 15 is 0 Å². The number of methoxy groups -OCH3 is 2. The lowest BCUT2D eigenvalue weighted by molar-refractivity contribution is -0.0498. The summed E-state index contributed by atoms with van der Waals surface area (Å²) in [7, 11) is 3.14. The van der Waals surface area contributed by atoms with Gasteiger partial charge in [-0.2, -0.15) is 8.78 Å². The zero-order valence-electron chi connectivity index (χ0n) is 17.3. The van der Waals surface area contributed by atoms with Crippen LogP contribution in [0.2, 0.25) is 0 Å².